The fourth-order valence-electron chi connectivity index (χ4n) is 2.30. The Kier molecular flexibility index (Phi) is 4.44. The van der Waals surface area contributed by atoms with E-state index in [0.717, 1.165) is 32.4 Å². The van der Waals surface area contributed by atoms with Crippen molar-refractivity contribution >= 4 is 11.9 Å². The van der Waals surface area contributed by atoms with Gasteiger partial charge in [-0.1, -0.05) is 6.92 Å². The molecular formula is C13H23N3O2. The van der Waals surface area contributed by atoms with Crippen LogP contribution in [0.15, 0.2) is 0 Å². The van der Waals surface area contributed by atoms with Gasteiger partial charge in [-0.2, -0.15) is 0 Å². The molecule has 1 saturated heterocycles. The molecule has 3 amide bonds. The summed E-state index contributed by atoms with van der Waals surface area (Å²) in [5.41, 5.74) is 0. The van der Waals surface area contributed by atoms with Gasteiger partial charge in [0.1, 0.15) is 0 Å². The van der Waals surface area contributed by atoms with Gasteiger partial charge in [-0.3, -0.25) is 4.79 Å². The highest BCUT2D eigenvalue weighted by atomic mass is 16.2. The third kappa shape index (κ3) is 4.20. The van der Waals surface area contributed by atoms with Crippen molar-refractivity contribution in [2.75, 3.05) is 19.6 Å². The smallest absolute Gasteiger partial charge is 0.317 e. The molecule has 0 aromatic heterocycles. The summed E-state index contributed by atoms with van der Waals surface area (Å²) in [4.78, 5) is 25.1. The first-order valence-electron chi connectivity index (χ1n) is 6.97. The first-order chi connectivity index (χ1) is 8.65. The molecule has 102 valence electrons. The zero-order valence-corrected chi connectivity index (χ0v) is 11.1. The molecule has 1 heterocycles. The van der Waals surface area contributed by atoms with Crippen LogP contribution in [-0.4, -0.2) is 42.5 Å². The highest BCUT2D eigenvalue weighted by Crippen LogP contribution is 2.18. The van der Waals surface area contributed by atoms with Crippen molar-refractivity contribution in [1.29, 1.82) is 0 Å². The van der Waals surface area contributed by atoms with Crippen LogP contribution in [0.1, 0.15) is 39.0 Å². The van der Waals surface area contributed by atoms with Gasteiger partial charge in [-0.15, -0.1) is 0 Å². The molecule has 1 saturated carbocycles. The molecule has 5 nitrogen and oxygen atoms in total. The second-order valence-electron chi connectivity index (χ2n) is 5.52. The summed E-state index contributed by atoms with van der Waals surface area (Å²) >= 11 is 0. The molecular weight excluding hydrogens is 230 g/mol. The van der Waals surface area contributed by atoms with Crippen LogP contribution in [0.25, 0.3) is 0 Å². The van der Waals surface area contributed by atoms with Gasteiger partial charge >= 0.3 is 6.03 Å². The second kappa shape index (κ2) is 6.07. The number of carbonyl (C=O) groups excluding carboxylic acids is 2. The van der Waals surface area contributed by atoms with E-state index in [4.69, 9.17) is 0 Å². The predicted octanol–water partition coefficient (Wildman–Crippen LogP) is 1.10. The largest absolute Gasteiger partial charge is 0.353 e. The number of likely N-dealkylation sites (tertiary alicyclic amines) is 1. The average Bonchev–Trinajstić information content (AvgIpc) is 3.12. The zero-order valence-electron chi connectivity index (χ0n) is 11.1. The Bertz CT molecular complexity index is 315. The van der Waals surface area contributed by atoms with Crippen LogP contribution in [0, 0.1) is 5.92 Å². The van der Waals surface area contributed by atoms with Crippen LogP contribution in [0.5, 0.6) is 0 Å². The molecule has 1 unspecified atom stereocenters. The van der Waals surface area contributed by atoms with Crippen LogP contribution in [0.3, 0.4) is 0 Å². The number of carbonyl (C=O) groups is 2. The summed E-state index contributed by atoms with van der Waals surface area (Å²) < 4.78 is 0. The van der Waals surface area contributed by atoms with E-state index >= 15 is 0 Å². The fourth-order valence-corrected chi connectivity index (χ4v) is 2.30. The van der Waals surface area contributed by atoms with Crippen molar-refractivity contribution in [3.8, 4) is 0 Å². The van der Waals surface area contributed by atoms with E-state index < -0.39 is 0 Å². The van der Waals surface area contributed by atoms with Gasteiger partial charge in [-0.05, 0) is 31.6 Å². The minimum absolute atomic E-state index is 0.0271. The molecule has 1 aliphatic carbocycles. The van der Waals surface area contributed by atoms with Crippen molar-refractivity contribution in [1.82, 2.24) is 15.5 Å². The molecule has 0 spiro atoms. The highest BCUT2D eigenvalue weighted by Gasteiger charge is 2.23. The lowest BCUT2D eigenvalue weighted by molar-refractivity contribution is -0.121. The maximum absolute atomic E-state index is 11.8. The number of urea groups is 1. The van der Waals surface area contributed by atoms with Crippen LogP contribution in [0.4, 0.5) is 4.79 Å². The molecule has 5 heteroatoms. The van der Waals surface area contributed by atoms with E-state index in [2.05, 4.69) is 17.6 Å². The molecule has 1 atom stereocenters. The van der Waals surface area contributed by atoms with Gasteiger partial charge in [0.25, 0.3) is 0 Å². The van der Waals surface area contributed by atoms with Crippen molar-refractivity contribution in [2.45, 2.75) is 45.1 Å². The van der Waals surface area contributed by atoms with E-state index in [9.17, 15) is 9.59 Å². The normalized spacial score (nSPS) is 23.6. The molecule has 2 fully saturated rings. The number of nitrogens with one attached hydrogen (secondary N) is 2. The number of piperidine rings is 1. The summed E-state index contributed by atoms with van der Waals surface area (Å²) in [6.45, 7) is 4.27. The SMILES string of the molecule is CC1CCCN(C(=O)NCCC(=O)NC2CC2)C1. The minimum Gasteiger partial charge on any atom is -0.353 e. The summed E-state index contributed by atoms with van der Waals surface area (Å²) in [5.74, 6) is 0.632. The number of hydrogen-bond donors (Lipinski definition) is 2. The van der Waals surface area contributed by atoms with E-state index in [0.29, 0.717) is 24.9 Å². The van der Waals surface area contributed by atoms with Gasteiger partial charge in [-0.25, -0.2) is 4.79 Å². The van der Waals surface area contributed by atoms with E-state index in [1.54, 1.807) is 0 Å². The van der Waals surface area contributed by atoms with Crippen LogP contribution < -0.4 is 10.6 Å². The third-order valence-electron chi connectivity index (χ3n) is 3.51. The summed E-state index contributed by atoms with van der Waals surface area (Å²) in [6, 6.07) is 0.372. The first-order valence-corrected chi connectivity index (χ1v) is 6.97. The van der Waals surface area contributed by atoms with E-state index in [1.807, 2.05) is 4.90 Å². The van der Waals surface area contributed by atoms with Gasteiger partial charge in [0.05, 0.1) is 0 Å². The molecule has 18 heavy (non-hydrogen) atoms. The maximum Gasteiger partial charge on any atom is 0.317 e. The molecule has 2 N–H and O–H groups in total. The van der Waals surface area contributed by atoms with Crippen LogP contribution in [-0.2, 0) is 4.79 Å². The Hall–Kier alpha value is -1.26. The second-order valence-corrected chi connectivity index (χ2v) is 5.52. The predicted molar refractivity (Wildman–Crippen MR) is 69.2 cm³/mol. The Balaban J connectivity index is 1.60. The van der Waals surface area contributed by atoms with E-state index in [-0.39, 0.29) is 11.9 Å². The van der Waals surface area contributed by atoms with E-state index in [1.165, 1.54) is 6.42 Å². The first kappa shape index (κ1) is 13.2. The molecule has 2 rings (SSSR count). The Morgan fingerprint density at radius 2 is 2.06 bits per heavy atom. The lowest BCUT2D eigenvalue weighted by atomic mass is 10.0. The quantitative estimate of drug-likeness (QED) is 0.788. The van der Waals surface area contributed by atoms with Gasteiger partial charge in [0.15, 0.2) is 0 Å². The molecule has 0 bridgehead atoms. The lowest BCUT2D eigenvalue weighted by Gasteiger charge is -2.30. The van der Waals surface area contributed by atoms with Crippen LogP contribution >= 0.6 is 0 Å². The zero-order chi connectivity index (χ0) is 13.0. The maximum atomic E-state index is 11.8. The fraction of sp³-hybridized carbons (Fsp3) is 0.846. The highest BCUT2D eigenvalue weighted by molar-refractivity contribution is 5.78. The van der Waals surface area contributed by atoms with Gasteiger partial charge < -0.3 is 15.5 Å². The number of nitrogens with zero attached hydrogens (tertiary/aromatic N) is 1. The molecule has 2 aliphatic rings. The Morgan fingerprint density at radius 3 is 2.72 bits per heavy atom. The van der Waals surface area contributed by atoms with Crippen molar-refractivity contribution in [3.63, 3.8) is 0 Å². The van der Waals surface area contributed by atoms with Crippen molar-refractivity contribution < 1.29 is 9.59 Å². The number of rotatable bonds is 4. The lowest BCUT2D eigenvalue weighted by Crippen LogP contribution is -2.45. The van der Waals surface area contributed by atoms with Crippen molar-refractivity contribution in [3.05, 3.63) is 0 Å². The Labute approximate surface area is 108 Å². The molecule has 0 aromatic rings. The van der Waals surface area contributed by atoms with Crippen molar-refractivity contribution in [2.24, 2.45) is 5.92 Å². The summed E-state index contributed by atoms with van der Waals surface area (Å²) in [7, 11) is 0. The van der Waals surface area contributed by atoms with Gasteiger partial charge in [0.2, 0.25) is 5.91 Å². The number of amides is 3. The third-order valence-corrected chi connectivity index (χ3v) is 3.51. The Morgan fingerprint density at radius 1 is 1.28 bits per heavy atom. The summed E-state index contributed by atoms with van der Waals surface area (Å²) in [5, 5.41) is 5.73. The standard InChI is InChI=1S/C13H23N3O2/c1-10-3-2-8-16(9-10)13(18)14-7-6-12(17)15-11-4-5-11/h10-11H,2-9H2,1H3,(H,14,18)(H,15,17). The molecule has 0 aromatic carbocycles. The summed E-state index contributed by atoms with van der Waals surface area (Å²) in [6.07, 6.45) is 4.86. The minimum atomic E-state index is -0.0271. The topological polar surface area (TPSA) is 61.4 Å². The number of hydrogen-bond acceptors (Lipinski definition) is 2. The molecule has 0 radical (unpaired) electrons. The van der Waals surface area contributed by atoms with Crippen LogP contribution in [0.2, 0.25) is 0 Å². The monoisotopic (exact) mass is 253 g/mol. The van der Waals surface area contributed by atoms with Gasteiger partial charge in [0, 0.05) is 32.1 Å². The average molecular weight is 253 g/mol. The molecule has 1 aliphatic heterocycles.